The number of benzene rings is 1. The van der Waals surface area contributed by atoms with Gasteiger partial charge in [0.2, 0.25) is 0 Å². The highest BCUT2D eigenvalue weighted by atomic mass is 127. The minimum absolute atomic E-state index is 0.0314. The van der Waals surface area contributed by atoms with Crippen molar-refractivity contribution < 1.29 is 9.53 Å². The Morgan fingerprint density at radius 1 is 1.27 bits per heavy atom. The maximum absolute atomic E-state index is 11.8. The van der Waals surface area contributed by atoms with Crippen LogP contribution >= 0.6 is 22.6 Å². The number of ether oxygens (including phenoxy) is 1. The second-order valence-corrected chi connectivity index (χ2v) is 6.32. The molecule has 22 heavy (non-hydrogen) atoms. The van der Waals surface area contributed by atoms with Crippen molar-refractivity contribution in [3.8, 4) is 5.75 Å². The van der Waals surface area contributed by atoms with Gasteiger partial charge in [0.05, 0.1) is 0 Å². The smallest absolute Gasteiger partial charge is 0.263 e. The molecule has 0 radical (unpaired) electrons. The van der Waals surface area contributed by atoms with Crippen LogP contribution in [0.5, 0.6) is 5.75 Å². The van der Waals surface area contributed by atoms with Crippen LogP contribution in [0.15, 0.2) is 42.6 Å². The van der Waals surface area contributed by atoms with Gasteiger partial charge >= 0.3 is 0 Å². The molecule has 1 aromatic carbocycles. The number of aromatic nitrogens is 1. The zero-order valence-corrected chi connectivity index (χ0v) is 14.8. The second kappa shape index (κ2) is 8.12. The fraction of sp³-hybridized carbons (Fsp3) is 0.294. The fourth-order valence-corrected chi connectivity index (χ4v) is 2.22. The number of rotatable bonds is 6. The van der Waals surface area contributed by atoms with Crippen LogP contribution in [-0.2, 0) is 4.79 Å². The van der Waals surface area contributed by atoms with E-state index in [0.29, 0.717) is 17.5 Å². The predicted molar refractivity (Wildman–Crippen MR) is 96.2 cm³/mol. The van der Waals surface area contributed by atoms with E-state index in [2.05, 4.69) is 46.7 Å². The van der Waals surface area contributed by atoms with Crippen molar-refractivity contribution in [2.24, 2.45) is 0 Å². The van der Waals surface area contributed by atoms with Crippen LogP contribution in [0.4, 0.5) is 5.82 Å². The van der Waals surface area contributed by atoms with Gasteiger partial charge in [0.15, 0.2) is 6.61 Å². The van der Waals surface area contributed by atoms with Crippen LogP contribution in [0.25, 0.3) is 0 Å². The number of halogens is 1. The van der Waals surface area contributed by atoms with Gasteiger partial charge < -0.3 is 10.1 Å². The molecule has 0 unspecified atom stereocenters. The SMILES string of the molecule is CC[C@H](C)c1ccc(OCC(=O)Nc2ccc(I)cn2)cc1. The first-order valence-corrected chi connectivity index (χ1v) is 8.30. The summed E-state index contributed by atoms with van der Waals surface area (Å²) in [5.74, 6) is 1.53. The summed E-state index contributed by atoms with van der Waals surface area (Å²) >= 11 is 2.16. The van der Waals surface area contributed by atoms with Gasteiger partial charge in [0.1, 0.15) is 11.6 Å². The summed E-state index contributed by atoms with van der Waals surface area (Å²) in [6.45, 7) is 4.33. The van der Waals surface area contributed by atoms with Crippen molar-refractivity contribution >= 4 is 34.3 Å². The van der Waals surface area contributed by atoms with E-state index in [0.717, 1.165) is 9.99 Å². The summed E-state index contributed by atoms with van der Waals surface area (Å²) in [4.78, 5) is 15.9. The molecule has 0 fully saturated rings. The Balaban J connectivity index is 1.84. The first-order valence-electron chi connectivity index (χ1n) is 7.22. The van der Waals surface area contributed by atoms with Gasteiger partial charge in [-0.05, 0) is 64.8 Å². The van der Waals surface area contributed by atoms with E-state index < -0.39 is 0 Å². The van der Waals surface area contributed by atoms with E-state index in [1.54, 1.807) is 12.3 Å². The number of amides is 1. The van der Waals surface area contributed by atoms with Gasteiger partial charge in [-0.1, -0.05) is 26.0 Å². The third-order valence-corrected chi connectivity index (χ3v) is 4.06. The topological polar surface area (TPSA) is 51.2 Å². The summed E-state index contributed by atoms with van der Waals surface area (Å²) in [7, 11) is 0. The van der Waals surface area contributed by atoms with Crippen LogP contribution in [-0.4, -0.2) is 17.5 Å². The lowest BCUT2D eigenvalue weighted by Crippen LogP contribution is -2.20. The molecule has 0 saturated heterocycles. The molecule has 0 bridgehead atoms. The Kier molecular flexibility index (Phi) is 6.18. The molecule has 2 rings (SSSR count). The summed E-state index contributed by atoms with van der Waals surface area (Å²) in [6, 6.07) is 11.5. The standard InChI is InChI=1S/C17H19IN2O2/c1-3-12(2)13-4-7-15(8-5-13)22-11-17(21)20-16-9-6-14(18)10-19-16/h4-10,12H,3,11H2,1-2H3,(H,19,20,21)/t12-/m0/s1. The highest BCUT2D eigenvalue weighted by molar-refractivity contribution is 14.1. The van der Waals surface area contributed by atoms with E-state index in [-0.39, 0.29) is 12.5 Å². The van der Waals surface area contributed by atoms with Crippen molar-refractivity contribution in [2.45, 2.75) is 26.2 Å². The normalized spacial score (nSPS) is 11.8. The molecule has 1 heterocycles. The Bertz CT molecular complexity index is 612. The van der Waals surface area contributed by atoms with Gasteiger partial charge in [-0.15, -0.1) is 0 Å². The molecule has 5 heteroatoms. The number of hydrogen-bond acceptors (Lipinski definition) is 3. The van der Waals surface area contributed by atoms with E-state index in [9.17, 15) is 4.79 Å². The van der Waals surface area contributed by atoms with E-state index in [1.165, 1.54) is 5.56 Å². The predicted octanol–water partition coefficient (Wildman–Crippen LogP) is 4.22. The summed E-state index contributed by atoms with van der Waals surface area (Å²) in [6.07, 6.45) is 2.80. The van der Waals surface area contributed by atoms with Crippen LogP contribution in [0, 0.1) is 3.57 Å². The molecule has 0 spiro atoms. The first kappa shape index (κ1) is 16.7. The Morgan fingerprint density at radius 2 is 2.00 bits per heavy atom. The van der Waals surface area contributed by atoms with Crippen molar-refractivity contribution in [3.05, 3.63) is 51.7 Å². The third-order valence-electron chi connectivity index (χ3n) is 3.43. The molecule has 1 atom stereocenters. The number of hydrogen-bond donors (Lipinski definition) is 1. The van der Waals surface area contributed by atoms with Crippen molar-refractivity contribution in [3.63, 3.8) is 0 Å². The molecule has 0 aliphatic heterocycles. The monoisotopic (exact) mass is 410 g/mol. The van der Waals surface area contributed by atoms with Gasteiger partial charge in [-0.3, -0.25) is 4.79 Å². The lowest BCUT2D eigenvalue weighted by molar-refractivity contribution is -0.118. The molecule has 0 saturated carbocycles. The average molecular weight is 410 g/mol. The van der Waals surface area contributed by atoms with Crippen LogP contribution in [0.2, 0.25) is 0 Å². The number of nitrogens with zero attached hydrogens (tertiary/aromatic N) is 1. The molecule has 1 aromatic heterocycles. The van der Waals surface area contributed by atoms with Gasteiger partial charge in [-0.25, -0.2) is 4.98 Å². The lowest BCUT2D eigenvalue weighted by Gasteiger charge is -2.10. The average Bonchev–Trinajstić information content (AvgIpc) is 2.55. The van der Waals surface area contributed by atoms with Crippen molar-refractivity contribution in [1.29, 1.82) is 0 Å². The van der Waals surface area contributed by atoms with E-state index in [1.807, 2.05) is 30.3 Å². The van der Waals surface area contributed by atoms with Crippen LogP contribution in [0.3, 0.4) is 0 Å². The van der Waals surface area contributed by atoms with Crippen LogP contribution < -0.4 is 10.1 Å². The zero-order valence-electron chi connectivity index (χ0n) is 12.7. The largest absolute Gasteiger partial charge is 0.484 e. The summed E-state index contributed by atoms with van der Waals surface area (Å²) < 4.78 is 6.51. The number of carbonyl (C=O) groups is 1. The maximum Gasteiger partial charge on any atom is 0.263 e. The molecule has 0 aliphatic carbocycles. The highest BCUT2D eigenvalue weighted by Gasteiger charge is 2.06. The maximum atomic E-state index is 11.8. The van der Waals surface area contributed by atoms with Crippen LogP contribution in [0.1, 0.15) is 31.7 Å². The van der Waals surface area contributed by atoms with E-state index >= 15 is 0 Å². The number of carbonyl (C=O) groups excluding carboxylic acids is 1. The molecular formula is C17H19IN2O2. The molecule has 1 amide bonds. The molecule has 2 aromatic rings. The van der Waals surface area contributed by atoms with Gasteiger partial charge in [0.25, 0.3) is 5.91 Å². The summed E-state index contributed by atoms with van der Waals surface area (Å²) in [5, 5.41) is 2.70. The lowest BCUT2D eigenvalue weighted by atomic mass is 9.99. The Morgan fingerprint density at radius 3 is 2.59 bits per heavy atom. The first-order chi connectivity index (χ1) is 10.6. The molecule has 4 nitrogen and oxygen atoms in total. The third kappa shape index (κ3) is 4.98. The fourth-order valence-electron chi connectivity index (χ4n) is 1.91. The number of nitrogens with one attached hydrogen (secondary N) is 1. The molecule has 1 N–H and O–H groups in total. The van der Waals surface area contributed by atoms with Crippen molar-refractivity contribution in [2.75, 3.05) is 11.9 Å². The minimum atomic E-state index is -0.222. The van der Waals surface area contributed by atoms with Crippen molar-refractivity contribution in [1.82, 2.24) is 4.98 Å². The minimum Gasteiger partial charge on any atom is -0.484 e. The van der Waals surface area contributed by atoms with E-state index in [4.69, 9.17) is 4.74 Å². The van der Waals surface area contributed by atoms with Gasteiger partial charge in [0, 0.05) is 9.77 Å². The Hall–Kier alpha value is -1.63. The Labute approximate surface area is 144 Å². The molecule has 0 aliphatic rings. The number of anilines is 1. The quantitative estimate of drug-likeness (QED) is 0.726. The zero-order chi connectivity index (χ0) is 15.9. The highest BCUT2D eigenvalue weighted by Crippen LogP contribution is 2.21. The summed E-state index contributed by atoms with van der Waals surface area (Å²) in [5.41, 5.74) is 1.28. The molecular weight excluding hydrogens is 391 g/mol. The molecule has 116 valence electrons. The number of pyridine rings is 1. The van der Waals surface area contributed by atoms with Gasteiger partial charge in [-0.2, -0.15) is 0 Å². The second-order valence-electron chi connectivity index (χ2n) is 5.08.